The molecule has 1 aromatic carbocycles. The number of hydrogen-bond donors (Lipinski definition) is 2. The van der Waals surface area contributed by atoms with Crippen LogP contribution in [0.2, 0.25) is 0 Å². The molecule has 2 aromatic rings. The third-order valence-corrected chi connectivity index (χ3v) is 12.3. The molecule has 1 heterocycles. The lowest BCUT2D eigenvalue weighted by molar-refractivity contribution is 0.183. The second-order valence-corrected chi connectivity index (χ2v) is 17.9. The SMILES string of the molecule is CCCCC(C)C(C)C(C)C(CCCC)CN=C(N(C)C)N(C)COS(=O)(=O)Cc1c(C)c(Nc2ccc(S(C)(=O)=O)cc2)c(=O)n(CC)c1O. The predicted octanol–water partition coefficient (Wildman–Crippen LogP) is 6.59. The van der Waals surface area contributed by atoms with Crippen molar-refractivity contribution in [2.75, 3.05) is 46.0 Å². The minimum Gasteiger partial charge on any atom is -0.494 e. The monoisotopic (exact) mass is 753 g/mol. The summed E-state index contributed by atoms with van der Waals surface area (Å²) in [6.45, 7) is 15.1. The normalized spacial score (nSPS) is 14.9. The van der Waals surface area contributed by atoms with E-state index in [4.69, 9.17) is 9.18 Å². The summed E-state index contributed by atoms with van der Waals surface area (Å²) in [4.78, 5) is 21.9. The highest BCUT2D eigenvalue weighted by Gasteiger charge is 2.28. The number of hydrogen-bond acceptors (Lipinski definition) is 9. The number of nitrogens with zero attached hydrogens (tertiary/aromatic N) is 4. The average Bonchev–Trinajstić information content (AvgIpc) is 3.07. The summed E-state index contributed by atoms with van der Waals surface area (Å²) in [6.07, 6.45) is 8.06. The highest BCUT2D eigenvalue weighted by atomic mass is 32.2. The molecule has 4 unspecified atom stereocenters. The van der Waals surface area contributed by atoms with Gasteiger partial charge in [-0.1, -0.05) is 66.7 Å². The Morgan fingerprint density at radius 3 is 2.08 bits per heavy atom. The maximum Gasteiger partial charge on any atom is 0.277 e. The zero-order chi connectivity index (χ0) is 38.7. The molecule has 2 rings (SSSR count). The molecule has 51 heavy (non-hydrogen) atoms. The lowest BCUT2D eigenvalue weighted by Crippen LogP contribution is -2.40. The fourth-order valence-electron chi connectivity index (χ4n) is 6.38. The Kier molecular flexibility index (Phi) is 17.0. The first-order valence-electron chi connectivity index (χ1n) is 18.1. The fraction of sp³-hybridized carbons (Fsp3) is 0.676. The number of unbranched alkanes of at least 4 members (excludes halogenated alkanes) is 2. The van der Waals surface area contributed by atoms with Crippen molar-refractivity contribution in [1.29, 1.82) is 0 Å². The molecule has 0 fully saturated rings. The predicted molar refractivity (Wildman–Crippen MR) is 208 cm³/mol. The highest BCUT2D eigenvalue weighted by molar-refractivity contribution is 7.90. The number of aliphatic imine (C=N–C) groups is 1. The molecule has 1 aromatic heterocycles. The van der Waals surface area contributed by atoms with Gasteiger partial charge < -0.3 is 20.2 Å². The first kappa shape index (κ1) is 44.1. The number of aromatic nitrogens is 1. The van der Waals surface area contributed by atoms with Gasteiger partial charge in [-0.25, -0.2) is 12.6 Å². The molecule has 12 nitrogen and oxygen atoms in total. The topological polar surface area (TPSA) is 151 Å². The van der Waals surface area contributed by atoms with Gasteiger partial charge in [0.1, 0.15) is 18.2 Å². The van der Waals surface area contributed by atoms with Crippen molar-refractivity contribution in [2.45, 2.75) is 104 Å². The van der Waals surface area contributed by atoms with E-state index in [9.17, 15) is 26.7 Å². The lowest BCUT2D eigenvalue weighted by Gasteiger charge is -2.33. The van der Waals surface area contributed by atoms with Gasteiger partial charge in [0.15, 0.2) is 21.7 Å². The number of rotatable bonds is 20. The lowest BCUT2D eigenvalue weighted by atomic mass is 9.74. The van der Waals surface area contributed by atoms with E-state index in [0.29, 0.717) is 41.9 Å². The van der Waals surface area contributed by atoms with Crippen LogP contribution < -0.4 is 10.9 Å². The number of aromatic hydroxyl groups is 1. The number of sulfone groups is 1. The van der Waals surface area contributed by atoms with Crippen LogP contribution in [-0.2, 0) is 36.4 Å². The van der Waals surface area contributed by atoms with E-state index < -0.39 is 37.1 Å². The summed E-state index contributed by atoms with van der Waals surface area (Å²) in [7, 11) is -2.22. The van der Waals surface area contributed by atoms with E-state index in [1.807, 2.05) is 19.0 Å². The van der Waals surface area contributed by atoms with Crippen LogP contribution in [-0.4, -0.2) is 82.9 Å². The molecule has 0 radical (unpaired) electrons. The Bertz CT molecular complexity index is 1720. The number of nitrogens with one attached hydrogen (secondary N) is 1. The zero-order valence-electron chi connectivity index (χ0n) is 32.7. The summed E-state index contributed by atoms with van der Waals surface area (Å²) in [5, 5.41) is 14.0. The largest absolute Gasteiger partial charge is 0.494 e. The summed E-state index contributed by atoms with van der Waals surface area (Å²) < 4.78 is 57.1. The van der Waals surface area contributed by atoms with E-state index in [-0.39, 0.29) is 35.0 Å². The van der Waals surface area contributed by atoms with Crippen LogP contribution >= 0.6 is 0 Å². The Morgan fingerprint density at radius 1 is 0.961 bits per heavy atom. The first-order chi connectivity index (χ1) is 23.8. The van der Waals surface area contributed by atoms with Gasteiger partial charge in [0.2, 0.25) is 0 Å². The molecular weight excluding hydrogens is 691 g/mol. The average molecular weight is 754 g/mol. The van der Waals surface area contributed by atoms with Crippen molar-refractivity contribution in [3.8, 4) is 5.88 Å². The van der Waals surface area contributed by atoms with Crippen molar-refractivity contribution in [3.05, 3.63) is 45.7 Å². The molecule has 0 bridgehead atoms. The minimum atomic E-state index is -4.25. The van der Waals surface area contributed by atoms with Gasteiger partial charge in [0.25, 0.3) is 15.7 Å². The molecule has 290 valence electrons. The van der Waals surface area contributed by atoms with Crippen LogP contribution in [0.3, 0.4) is 0 Å². The van der Waals surface area contributed by atoms with Gasteiger partial charge in [0.05, 0.1) is 4.90 Å². The maximum atomic E-state index is 13.4. The molecule has 0 aliphatic heterocycles. The van der Waals surface area contributed by atoms with Crippen molar-refractivity contribution in [1.82, 2.24) is 14.4 Å². The molecule has 0 aliphatic rings. The standard InChI is InChI=1S/C37H63N5O7S2/c1-12-15-17-26(4)27(5)28(6)30(18-16-13-2)23-38-37(40(8)9)41(10)25-49-51(47,48)24-33-29(7)34(36(44)42(14-3)35(33)43)39-31-19-21-32(22-20-31)50(11,45)46/h19-22,26-28,30,39,43H,12-18,23-25H2,1-11H3. The van der Waals surface area contributed by atoms with Crippen LogP contribution in [0.5, 0.6) is 5.88 Å². The molecule has 4 atom stereocenters. The van der Waals surface area contributed by atoms with Crippen molar-refractivity contribution in [2.24, 2.45) is 28.7 Å². The Balaban J connectivity index is 2.30. The number of benzene rings is 1. The summed E-state index contributed by atoms with van der Waals surface area (Å²) in [5.41, 5.74) is 0.184. The molecule has 0 spiro atoms. The molecule has 14 heteroatoms. The molecule has 2 N–H and O–H groups in total. The van der Waals surface area contributed by atoms with E-state index in [2.05, 4.69) is 39.9 Å². The van der Waals surface area contributed by atoms with E-state index in [1.54, 1.807) is 25.8 Å². The number of pyridine rings is 1. The number of guanidine groups is 1. The third-order valence-electron chi connectivity index (χ3n) is 10.0. The van der Waals surface area contributed by atoms with E-state index >= 15 is 0 Å². The second kappa shape index (κ2) is 19.7. The van der Waals surface area contributed by atoms with E-state index in [0.717, 1.165) is 30.1 Å². The van der Waals surface area contributed by atoms with Crippen LogP contribution in [0, 0.1) is 30.6 Å². The first-order valence-corrected chi connectivity index (χ1v) is 21.6. The zero-order valence-corrected chi connectivity index (χ0v) is 34.3. The van der Waals surface area contributed by atoms with Crippen LogP contribution in [0.1, 0.15) is 91.2 Å². The molecule has 0 saturated heterocycles. The summed E-state index contributed by atoms with van der Waals surface area (Å²) in [5.74, 6) is 1.50. The van der Waals surface area contributed by atoms with Crippen LogP contribution in [0.4, 0.5) is 11.4 Å². The van der Waals surface area contributed by atoms with Gasteiger partial charge >= 0.3 is 0 Å². The van der Waals surface area contributed by atoms with Gasteiger partial charge in [0, 0.05) is 51.7 Å². The number of anilines is 2. The summed E-state index contributed by atoms with van der Waals surface area (Å²) >= 11 is 0. The van der Waals surface area contributed by atoms with Gasteiger partial charge in [-0.2, -0.15) is 8.42 Å². The Hall–Kier alpha value is -3.10. The second-order valence-electron chi connectivity index (χ2n) is 14.2. The Morgan fingerprint density at radius 2 is 1.55 bits per heavy atom. The van der Waals surface area contributed by atoms with Gasteiger partial charge in [-0.3, -0.25) is 14.4 Å². The molecular formula is C37H63N5O7S2. The van der Waals surface area contributed by atoms with Crippen molar-refractivity contribution < 1.29 is 26.1 Å². The fourth-order valence-corrected chi connectivity index (χ4v) is 8.11. The van der Waals surface area contributed by atoms with Crippen molar-refractivity contribution in [3.63, 3.8) is 0 Å². The third kappa shape index (κ3) is 12.5. The molecule has 0 amide bonds. The van der Waals surface area contributed by atoms with Gasteiger partial charge in [-0.05, 0) is 73.8 Å². The Labute approximate surface area is 307 Å². The minimum absolute atomic E-state index is 0.0193. The highest BCUT2D eigenvalue weighted by Crippen LogP contribution is 2.33. The van der Waals surface area contributed by atoms with Crippen LogP contribution in [0.25, 0.3) is 0 Å². The quantitative estimate of drug-likeness (QED) is 0.0657. The molecule has 0 aliphatic carbocycles. The van der Waals surface area contributed by atoms with Crippen molar-refractivity contribution >= 4 is 37.3 Å². The van der Waals surface area contributed by atoms with Gasteiger partial charge in [-0.15, -0.1) is 0 Å². The summed E-state index contributed by atoms with van der Waals surface area (Å²) in [6, 6.07) is 5.85. The smallest absolute Gasteiger partial charge is 0.277 e. The maximum absolute atomic E-state index is 13.4. The van der Waals surface area contributed by atoms with Crippen LogP contribution in [0.15, 0.2) is 38.9 Å². The molecule has 0 saturated carbocycles. The van der Waals surface area contributed by atoms with E-state index in [1.165, 1.54) is 43.5 Å².